The number of fused-ring (bicyclic) bond motifs is 3. The minimum atomic E-state index is -4.85. The van der Waals surface area contributed by atoms with Crippen molar-refractivity contribution in [2.45, 2.75) is 42.8 Å². The van der Waals surface area contributed by atoms with Gasteiger partial charge >= 0.3 is 15.2 Å². The van der Waals surface area contributed by atoms with Crippen LogP contribution >= 0.6 is 26.8 Å². The first-order valence-electron chi connectivity index (χ1n) is 12.2. The third-order valence-electron chi connectivity index (χ3n) is 7.59. The number of aromatic nitrogens is 4. The molecule has 5 atom stereocenters. The second kappa shape index (κ2) is 9.77. The molecule has 40 heavy (non-hydrogen) atoms. The van der Waals surface area contributed by atoms with Crippen molar-refractivity contribution in [2.75, 3.05) is 30.5 Å². The monoisotopic (exact) mass is 619 g/mol. The molecule has 3 aromatic rings. The highest BCUT2D eigenvalue weighted by molar-refractivity contribution is 7.70. The van der Waals surface area contributed by atoms with Crippen molar-refractivity contribution in [3.05, 3.63) is 46.8 Å². The summed E-state index contributed by atoms with van der Waals surface area (Å²) in [6.07, 6.45) is -2.68. The second-order valence-corrected chi connectivity index (χ2v) is 14.7. The number of rotatable bonds is 7. The van der Waals surface area contributed by atoms with Crippen molar-refractivity contribution in [3.63, 3.8) is 0 Å². The first kappa shape index (κ1) is 28.1. The largest absolute Gasteiger partial charge is 0.387 e. The van der Waals surface area contributed by atoms with Crippen molar-refractivity contribution in [1.29, 1.82) is 0 Å². The Balaban J connectivity index is 1.22. The zero-order valence-electron chi connectivity index (χ0n) is 20.6. The number of aliphatic hydroxyl groups is 2. The number of aliphatic hydroxyl groups excluding tert-OH is 2. The van der Waals surface area contributed by atoms with Crippen LogP contribution in [0.25, 0.3) is 11.2 Å². The van der Waals surface area contributed by atoms with Crippen LogP contribution in [0.2, 0.25) is 5.28 Å². The highest BCUT2D eigenvalue weighted by atomic mass is 35.5. The molecule has 0 bridgehead atoms. The van der Waals surface area contributed by atoms with Crippen LogP contribution in [0.1, 0.15) is 23.8 Å². The van der Waals surface area contributed by atoms with Crippen molar-refractivity contribution < 1.29 is 47.7 Å². The Morgan fingerprint density at radius 3 is 2.65 bits per heavy atom. The zero-order valence-corrected chi connectivity index (χ0v) is 23.2. The average Bonchev–Trinajstić information content (AvgIpc) is 3.49. The van der Waals surface area contributed by atoms with Crippen LogP contribution in [0.5, 0.6) is 0 Å². The van der Waals surface area contributed by atoms with Crippen LogP contribution in [-0.4, -0.2) is 88.3 Å². The number of hydrogen-bond donors (Lipinski definition) is 5. The molecule has 14 nitrogen and oxygen atoms in total. The van der Waals surface area contributed by atoms with E-state index in [-0.39, 0.29) is 22.2 Å². The van der Waals surface area contributed by atoms with Crippen LogP contribution in [-0.2, 0) is 30.2 Å². The SMILES string of the molecule is O=P(O)(O)CP(=O)(O)OCC1OC(n2cnc3c(N4CC5(CCc6cc(F)ccc65)C4)nc(Cl)nc32)C(O)C1O. The van der Waals surface area contributed by atoms with Gasteiger partial charge in [-0.1, -0.05) is 6.07 Å². The summed E-state index contributed by atoms with van der Waals surface area (Å²) in [5.74, 6) is -1.20. The van der Waals surface area contributed by atoms with Crippen LogP contribution in [0, 0.1) is 5.82 Å². The highest BCUT2D eigenvalue weighted by Gasteiger charge is 2.50. The van der Waals surface area contributed by atoms with Gasteiger partial charge in [-0.3, -0.25) is 13.7 Å². The van der Waals surface area contributed by atoms with Gasteiger partial charge in [0.05, 0.1) is 12.9 Å². The topological polar surface area (TPSA) is 201 Å². The molecule has 1 spiro atoms. The van der Waals surface area contributed by atoms with Gasteiger partial charge in [0.25, 0.3) is 0 Å². The summed E-state index contributed by atoms with van der Waals surface area (Å²) < 4.78 is 48.5. The van der Waals surface area contributed by atoms with Crippen molar-refractivity contribution in [3.8, 4) is 0 Å². The molecule has 5 N–H and O–H groups in total. The predicted molar refractivity (Wildman–Crippen MR) is 138 cm³/mol. The molecule has 2 fully saturated rings. The van der Waals surface area contributed by atoms with E-state index >= 15 is 0 Å². The van der Waals surface area contributed by atoms with Crippen molar-refractivity contribution in [2.24, 2.45) is 0 Å². The predicted octanol–water partition coefficient (Wildman–Crippen LogP) is 1.28. The fourth-order valence-corrected chi connectivity index (χ4v) is 8.53. The van der Waals surface area contributed by atoms with E-state index in [1.807, 2.05) is 11.0 Å². The number of imidazole rings is 1. The maximum absolute atomic E-state index is 13.7. The molecule has 3 aliphatic rings. The Morgan fingerprint density at radius 1 is 1.18 bits per heavy atom. The first-order chi connectivity index (χ1) is 18.8. The number of halogens is 2. The standard InChI is InChI=1S/C22H25ClFN5O9P2/c23-21-26-18(28-7-22(8-28)4-3-11-5-12(24)1-2-13(11)22)15-19(27-21)29(9-25-15)20-17(31)16(30)14(38-20)6-37-40(35,36)10-39(32,33)34/h1-2,5,9,14,16-17,20,30-31H,3-4,6-8,10H2,(H,35,36)(H2,32,33,34). The Hall–Kier alpha value is -2.03. The molecule has 0 amide bonds. The summed E-state index contributed by atoms with van der Waals surface area (Å²) in [5.41, 5.74) is 2.55. The third kappa shape index (κ3) is 4.98. The van der Waals surface area contributed by atoms with Crippen LogP contribution < -0.4 is 4.90 Å². The zero-order chi connectivity index (χ0) is 28.6. The van der Waals surface area contributed by atoms with E-state index in [0.717, 1.165) is 24.0 Å². The maximum atomic E-state index is 13.7. The highest BCUT2D eigenvalue weighted by Crippen LogP contribution is 2.55. The molecule has 0 radical (unpaired) electrons. The van der Waals surface area contributed by atoms with Crippen molar-refractivity contribution >= 4 is 43.8 Å². The Bertz CT molecular complexity index is 1580. The van der Waals surface area contributed by atoms with E-state index in [2.05, 4.69) is 15.0 Å². The van der Waals surface area contributed by atoms with Gasteiger partial charge < -0.3 is 39.1 Å². The minimum Gasteiger partial charge on any atom is -0.387 e. The first-order valence-corrected chi connectivity index (χ1v) is 16.2. The third-order valence-corrected chi connectivity index (χ3v) is 11.2. The average molecular weight is 620 g/mol. The summed E-state index contributed by atoms with van der Waals surface area (Å²) in [7, 11) is -9.55. The quantitative estimate of drug-likeness (QED) is 0.187. The lowest BCUT2D eigenvalue weighted by Gasteiger charge is -2.49. The smallest absolute Gasteiger partial charge is 0.340 e. The number of aryl methyl sites for hydroxylation is 1. The van der Waals surface area contributed by atoms with Gasteiger partial charge in [-0.05, 0) is 47.7 Å². The number of ether oxygens (including phenoxy) is 1. The number of hydrogen-bond acceptors (Lipinski definition) is 10. The number of benzene rings is 1. The lowest BCUT2D eigenvalue weighted by atomic mass is 9.75. The summed E-state index contributed by atoms with van der Waals surface area (Å²) >= 11 is 6.25. The summed E-state index contributed by atoms with van der Waals surface area (Å²) in [6.45, 7) is 0.492. The molecule has 1 aromatic carbocycles. The number of nitrogens with zero attached hydrogens (tertiary/aromatic N) is 5. The van der Waals surface area contributed by atoms with E-state index in [9.17, 15) is 28.6 Å². The molecule has 216 valence electrons. The fraction of sp³-hybridized carbons (Fsp3) is 0.500. The van der Waals surface area contributed by atoms with E-state index in [0.29, 0.717) is 24.4 Å². The second-order valence-electron chi connectivity index (χ2n) is 10.4. The van der Waals surface area contributed by atoms with Crippen LogP contribution in [0.15, 0.2) is 24.5 Å². The van der Waals surface area contributed by atoms with Gasteiger partial charge in [0, 0.05) is 18.5 Å². The molecule has 2 aliphatic heterocycles. The molecular formula is C22H25ClFN5O9P2. The van der Waals surface area contributed by atoms with Gasteiger partial charge in [0.2, 0.25) is 5.28 Å². The number of anilines is 1. The normalized spacial score (nSPS) is 27.2. The van der Waals surface area contributed by atoms with Gasteiger partial charge in [0.15, 0.2) is 29.1 Å². The van der Waals surface area contributed by atoms with Crippen LogP contribution in [0.3, 0.4) is 0 Å². The lowest BCUT2D eigenvalue weighted by Crippen LogP contribution is -2.58. The van der Waals surface area contributed by atoms with Gasteiger partial charge in [0.1, 0.15) is 24.1 Å². The van der Waals surface area contributed by atoms with Gasteiger partial charge in [-0.25, -0.2) is 9.37 Å². The molecule has 18 heteroatoms. The molecule has 2 saturated heterocycles. The minimum absolute atomic E-state index is 0.0920. The van der Waals surface area contributed by atoms with E-state index < -0.39 is 52.2 Å². The molecule has 1 aliphatic carbocycles. The van der Waals surface area contributed by atoms with E-state index in [1.54, 1.807) is 6.07 Å². The lowest BCUT2D eigenvalue weighted by molar-refractivity contribution is -0.0483. The molecular weight excluding hydrogens is 595 g/mol. The maximum Gasteiger partial charge on any atom is 0.340 e. The molecule has 2 aromatic heterocycles. The fourth-order valence-electron chi connectivity index (χ4n) is 5.80. The summed E-state index contributed by atoms with van der Waals surface area (Å²) in [6, 6.07) is 4.87. The van der Waals surface area contributed by atoms with E-state index in [1.165, 1.54) is 17.0 Å². The molecule has 0 saturated carbocycles. The Kier molecular flexibility index (Phi) is 6.87. The summed E-state index contributed by atoms with van der Waals surface area (Å²) in [5, 5.41) is 21.1. The molecule has 4 heterocycles. The van der Waals surface area contributed by atoms with Gasteiger partial charge in [-0.15, -0.1) is 0 Å². The molecule has 5 unspecified atom stereocenters. The van der Waals surface area contributed by atoms with E-state index in [4.69, 9.17) is 30.6 Å². The Labute approximate surface area is 231 Å². The van der Waals surface area contributed by atoms with Gasteiger partial charge in [-0.2, -0.15) is 9.97 Å². The van der Waals surface area contributed by atoms with Crippen molar-refractivity contribution in [1.82, 2.24) is 19.5 Å². The van der Waals surface area contributed by atoms with Crippen LogP contribution in [0.4, 0.5) is 10.2 Å². The summed E-state index contributed by atoms with van der Waals surface area (Å²) in [4.78, 5) is 42.6. The molecule has 6 rings (SSSR count). The Morgan fingerprint density at radius 2 is 1.93 bits per heavy atom.